The van der Waals surface area contributed by atoms with Crippen molar-refractivity contribution in [2.24, 2.45) is 0 Å². The molecule has 15 heavy (non-hydrogen) atoms. The first-order chi connectivity index (χ1) is 7.24. The summed E-state index contributed by atoms with van der Waals surface area (Å²) in [6.07, 6.45) is 7.25. The van der Waals surface area contributed by atoms with Crippen molar-refractivity contribution in [2.75, 3.05) is 0 Å². The van der Waals surface area contributed by atoms with Crippen LogP contribution in [0, 0.1) is 5.82 Å². The molecule has 2 nitrogen and oxygen atoms in total. The van der Waals surface area contributed by atoms with Gasteiger partial charge in [-0.1, -0.05) is 26.2 Å². The molecule has 0 saturated carbocycles. The van der Waals surface area contributed by atoms with E-state index in [1.807, 2.05) is 0 Å². The Morgan fingerprint density at radius 2 is 2.13 bits per heavy atom. The Morgan fingerprint density at radius 1 is 1.33 bits per heavy atom. The lowest BCUT2D eigenvalue weighted by atomic mass is 10.1. The third-order valence-electron chi connectivity index (χ3n) is 2.28. The van der Waals surface area contributed by atoms with Crippen molar-refractivity contribution in [3.63, 3.8) is 0 Å². The molecule has 3 heteroatoms. The maximum Gasteiger partial charge on any atom is 0.164 e. The maximum absolute atomic E-state index is 12.8. The van der Waals surface area contributed by atoms with E-state index in [0.29, 0.717) is 12.0 Å². The minimum Gasteiger partial charge on any atom is -0.294 e. The predicted octanol–water partition coefficient (Wildman–Crippen LogP) is 3.37. The van der Waals surface area contributed by atoms with E-state index in [-0.39, 0.29) is 5.78 Å². The zero-order valence-electron chi connectivity index (χ0n) is 9.00. The van der Waals surface area contributed by atoms with Crippen LogP contribution in [0.4, 0.5) is 4.39 Å². The fourth-order valence-electron chi connectivity index (χ4n) is 1.42. The summed E-state index contributed by atoms with van der Waals surface area (Å²) in [5.74, 6) is -0.465. The van der Waals surface area contributed by atoms with Crippen molar-refractivity contribution >= 4 is 5.78 Å². The maximum atomic E-state index is 12.8. The molecule has 0 aliphatic heterocycles. The fourth-order valence-corrected chi connectivity index (χ4v) is 1.42. The van der Waals surface area contributed by atoms with Gasteiger partial charge in [-0.3, -0.25) is 9.78 Å². The van der Waals surface area contributed by atoms with Crippen molar-refractivity contribution in [3.8, 4) is 0 Å². The number of nitrogens with zero attached hydrogens (tertiary/aromatic N) is 1. The summed E-state index contributed by atoms with van der Waals surface area (Å²) >= 11 is 0. The van der Waals surface area contributed by atoms with Crippen LogP contribution in [0.25, 0.3) is 0 Å². The molecule has 82 valence electrons. The Labute approximate surface area is 89.5 Å². The highest BCUT2D eigenvalue weighted by Crippen LogP contribution is 2.09. The summed E-state index contributed by atoms with van der Waals surface area (Å²) in [6, 6.07) is 1.25. The van der Waals surface area contributed by atoms with Gasteiger partial charge in [0, 0.05) is 18.2 Å². The van der Waals surface area contributed by atoms with Gasteiger partial charge in [0.1, 0.15) is 5.82 Å². The first-order valence-corrected chi connectivity index (χ1v) is 5.37. The molecular weight excluding hydrogens is 193 g/mol. The Kier molecular flexibility index (Phi) is 4.95. The van der Waals surface area contributed by atoms with Gasteiger partial charge in [0.15, 0.2) is 5.78 Å². The van der Waals surface area contributed by atoms with Crippen LogP contribution in [0.15, 0.2) is 18.5 Å². The SMILES string of the molecule is CCCCCCC(=O)c1cncc(F)c1. The van der Waals surface area contributed by atoms with Crippen molar-refractivity contribution in [2.45, 2.75) is 39.0 Å². The third kappa shape index (κ3) is 4.19. The Hall–Kier alpha value is -1.25. The molecule has 0 aromatic carbocycles. The molecule has 0 radical (unpaired) electrons. The van der Waals surface area contributed by atoms with Crippen LogP contribution in [-0.4, -0.2) is 10.8 Å². The lowest BCUT2D eigenvalue weighted by Gasteiger charge is -2.00. The highest BCUT2D eigenvalue weighted by atomic mass is 19.1. The summed E-state index contributed by atoms with van der Waals surface area (Å²) < 4.78 is 12.8. The van der Waals surface area contributed by atoms with Gasteiger partial charge in [-0.2, -0.15) is 0 Å². The van der Waals surface area contributed by atoms with Crippen LogP contribution in [-0.2, 0) is 0 Å². The van der Waals surface area contributed by atoms with E-state index in [2.05, 4.69) is 11.9 Å². The number of pyridine rings is 1. The first kappa shape index (κ1) is 11.8. The van der Waals surface area contributed by atoms with Crippen LogP contribution in [0.2, 0.25) is 0 Å². The number of carbonyl (C=O) groups excluding carboxylic acids is 1. The number of aromatic nitrogens is 1. The molecule has 0 spiro atoms. The van der Waals surface area contributed by atoms with Gasteiger partial charge >= 0.3 is 0 Å². The Morgan fingerprint density at radius 3 is 2.80 bits per heavy atom. The lowest BCUT2D eigenvalue weighted by molar-refractivity contribution is 0.0978. The molecule has 1 heterocycles. The number of hydrogen-bond donors (Lipinski definition) is 0. The molecule has 0 bridgehead atoms. The van der Waals surface area contributed by atoms with Crippen molar-refractivity contribution in [1.82, 2.24) is 4.98 Å². The fraction of sp³-hybridized carbons (Fsp3) is 0.500. The summed E-state index contributed by atoms with van der Waals surface area (Å²) in [7, 11) is 0. The minimum atomic E-state index is -0.450. The molecule has 1 aromatic rings. The number of rotatable bonds is 6. The van der Waals surface area contributed by atoms with E-state index in [1.165, 1.54) is 12.3 Å². The second-order valence-electron chi connectivity index (χ2n) is 3.63. The number of hydrogen-bond acceptors (Lipinski definition) is 2. The largest absolute Gasteiger partial charge is 0.294 e. The first-order valence-electron chi connectivity index (χ1n) is 5.37. The zero-order valence-corrected chi connectivity index (χ0v) is 9.00. The smallest absolute Gasteiger partial charge is 0.164 e. The Bertz CT molecular complexity index is 325. The third-order valence-corrected chi connectivity index (χ3v) is 2.28. The molecule has 0 aliphatic rings. The monoisotopic (exact) mass is 209 g/mol. The molecule has 0 amide bonds. The van der Waals surface area contributed by atoms with E-state index in [9.17, 15) is 9.18 Å². The average Bonchev–Trinajstić information content (AvgIpc) is 2.24. The lowest BCUT2D eigenvalue weighted by Crippen LogP contribution is -2.00. The molecule has 0 N–H and O–H groups in total. The molecule has 0 aliphatic carbocycles. The summed E-state index contributed by atoms with van der Waals surface area (Å²) in [4.78, 5) is 15.2. The molecule has 1 aromatic heterocycles. The van der Waals surface area contributed by atoms with Gasteiger partial charge in [-0.05, 0) is 12.5 Å². The van der Waals surface area contributed by atoms with Crippen LogP contribution in [0.5, 0.6) is 0 Å². The van der Waals surface area contributed by atoms with E-state index in [1.54, 1.807) is 0 Å². The normalized spacial score (nSPS) is 10.3. The molecule has 0 unspecified atom stereocenters. The van der Waals surface area contributed by atoms with Gasteiger partial charge in [0.25, 0.3) is 0 Å². The van der Waals surface area contributed by atoms with Crippen LogP contribution >= 0.6 is 0 Å². The second kappa shape index (κ2) is 6.27. The predicted molar refractivity (Wildman–Crippen MR) is 57.3 cm³/mol. The standard InChI is InChI=1S/C12H16FNO/c1-2-3-4-5-6-12(15)10-7-11(13)9-14-8-10/h7-9H,2-6H2,1H3. The topological polar surface area (TPSA) is 30.0 Å². The molecule has 1 rings (SSSR count). The summed E-state index contributed by atoms with van der Waals surface area (Å²) in [6.45, 7) is 2.12. The Balaban J connectivity index is 2.40. The van der Waals surface area contributed by atoms with Crippen LogP contribution in [0.1, 0.15) is 49.4 Å². The minimum absolute atomic E-state index is 0.0156. The van der Waals surface area contributed by atoms with E-state index in [4.69, 9.17) is 0 Å². The zero-order chi connectivity index (χ0) is 11.1. The molecular formula is C12H16FNO. The van der Waals surface area contributed by atoms with Gasteiger partial charge in [-0.25, -0.2) is 4.39 Å². The second-order valence-corrected chi connectivity index (χ2v) is 3.63. The quantitative estimate of drug-likeness (QED) is 0.531. The highest BCUT2D eigenvalue weighted by molar-refractivity contribution is 5.95. The van der Waals surface area contributed by atoms with E-state index < -0.39 is 5.82 Å². The number of Topliss-reactive ketones (excluding diaryl/α,β-unsaturated/α-hetero) is 1. The van der Waals surface area contributed by atoms with Crippen molar-refractivity contribution in [3.05, 3.63) is 29.8 Å². The van der Waals surface area contributed by atoms with Crippen molar-refractivity contribution < 1.29 is 9.18 Å². The van der Waals surface area contributed by atoms with Crippen LogP contribution < -0.4 is 0 Å². The van der Waals surface area contributed by atoms with Gasteiger partial charge in [0.05, 0.1) is 6.20 Å². The number of carbonyl (C=O) groups is 1. The van der Waals surface area contributed by atoms with Crippen molar-refractivity contribution in [1.29, 1.82) is 0 Å². The molecule has 0 saturated heterocycles. The number of unbranched alkanes of at least 4 members (excludes halogenated alkanes) is 3. The summed E-state index contributed by atoms with van der Waals surface area (Å²) in [5, 5.41) is 0. The number of halogens is 1. The van der Waals surface area contributed by atoms with E-state index in [0.717, 1.165) is 31.9 Å². The van der Waals surface area contributed by atoms with Crippen LogP contribution in [0.3, 0.4) is 0 Å². The number of ketones is 1. The summed E-state index contributed by atoms with van der Waals surface area (Å²) in [5.41, 5.74) is 0.381. The van der Waals surface area contributed by atoms with E-state index >= 15 is 0 Å². The highest BCUT2D eigenvalue weighted by Gasteiger charge is 2.06. The van der Waals surface area contributed by atoms with Gasteiger partial charge in [0.2, 0.25) is 0 Å². The molecule has 0 atom stereocenters. The van der Waals surface area contributed by atoms with Gasteiger partial charge < -0.3 is 0 Å². The average molecular weight is 209 g/mol. The van der Waals surface area contributed by atoms with Gasteiger partial charge in [-0.15, -0.1) is 0 Å². The molecule has 0 fully saturated rings.